The average molecular weight is 369 g/mol. The van der Waals surface area contributed by atoms with E-state index in [1.54, 1.807) is 30.3 Å². The van der Waals surface area contributed by atoms with E-state index >= 15 is 0 Å². The summed E-state index contributed by atoms with van der Waals surface area (Å²) < 4.78 is 5.72. The molecule has 2 N–H and O–H groups in total. The van der Waals surface area contributed by atoms with Crippen LogP contribution in [0.2, 0.25) is 0 Å². The Bertz CT molecular complexity index is 788. The number of nitrogens with one attached hydrogen (secondary N) is 2. The van der Waals surface area contributed by atoms with E-state index in [9.17, 15) is 9.59 Å². The van der Waals surface area contributed by atoms with E-state index < -0.39 is 0 Å². The van der Waals surface area contributed by atoms with Crippen molar-refractivity contribution in [2.75, 3.05) is 32.5 Å². The van der Waals surface area contributed by atoms with Crippen LogP contribution in [-0.4, -0.2) is 50.0 Å². The van der Waals surface area contributed by atoms with Gasteiger partial charge < -0.3 is 20.3 Å². The zero-order valence-corrected chi connectivity index (χ0v) is 16.3. The molecule has 0 aliphatic rings. The van der Waals surface area contributed by atoms with E-state index in [0.717, 1.165) is 6.54 Å². The number of anilines is 1. The first-order valence-electron chi connectivity index (χ1n) is 8.97. The summed E-state index contributed by atoms with van der Waals surface area (Å²) in [7, 11) is 3.88. The molecule has 2 rings (SSSR count). The van der Waals surface area contributed by atoms with Gasteiger partial charge in [-0.05, 0) is 58.3 Å². The molecule has 2 aromatic carbocycles. The van der Waals surface area contributed by atoms with Gasteiger partial charge in [-0.15, -0.1) is 0 Å². The number of hydrogen-bond donors (Lipinski definition) is 2. The maximum absolute atomic E-state index is 12.6. The Labute approximate surface area is 160 Å². The van der Waals surface area contributed by atoms with Gasteiger partial charge in [0.1, 0.15) is 5.75 Å². The summed E-state index contributed by atoms with van der Waals surface area (Å²) in [6.07, 6.45) is -0.00255. The van der Waals surface area contributed by atoms with Crippen LogP contribution in [0.3, 0.4) is 0 Å². The van der Waals surface area contributed by atoms with Crippen molar-refractivity contribution in [3.63, 3.8) is 0 Å². The molecule has 0 aliphatic carbocycles. The second-order valence-electron chi connectivity index (χ2n) is 6.76. The van der Waals surface area contributed by atoms with Crippen molar-refractivity contribution in [3.05, 3.63) is 59.7 Å². The molecular weight excluding hydrogens is 342 g/mol. The minimum atomic E-state index is -0.294. The molecule has 6 nitrogen and oxygen atoms in total. The number of benzene rings is 2. The summed E-state index contributed by atoms with van der Waals surface area (Å²) in [5.41, 5.74) is 1.46. The number of para-hydroxylation sites is 2. The van der Waals surface area contributed by atoms with Crippen molar-refractivity contribution in [1.29, 1.82) is 0 Å². The van der Waals surface area contributed by atoms with Gasteiger partial charge in [-0.25, -0.2) is 0 Å². The lowest BCUT2D eigenvalue weighted by Crippen LogP contribution is -2.31. The third-order valence-electron chi connectivity index (χ3n) is 3.73. The summed E-state index contributed by atoms with van der Waals surface area (Å²) in [6.45, 7) is 5.15. The topological polar surface area (TPSA) is 70.7 Å². The van der Waals surface area contributed by atoms with Crippen LogP contribution in [0.15, 0.2) is 48.5 Å². The third kappa shape index (κ3) is 6.42. The number of ether oxygens (including phenoxy) is 1. The van der Waals surface area contributed by atoms with Gasteiger partial charge in [-0.1, -0.05) is 18.2 Å². The highest BCUT2D eigenvalue weighted by Crippen LogP contribution is 2.25. The van der Waals surface area contributed by atoms with Crippen LogP contribution >= 0.6 is 0 Å². The monoisotopic (exact) mass is 369 g/mol. The van der Waals surface area contributed by atoms with Crippen LogP contribution in [0, 0.1) is 0 Å². The SMILES string of the molecule is CC(C)Oc1ccccc1NC(=O)c1cccc(C(=O)NCCN(C)C)c1. The number of hydrogen-bond acceptors (Lipinski definition) is 4. The van der Waals surface area contributed by atoms with Crippen molar-refractivity contribution in [2.24, 2.45) is 0 Å². The Morgan fingerprint density at radius 2 is 1.67 bits per heavy atom. The lowest BCUT2D eigenvalue weighted by Gasteiger charge is -2.15. The highest BCUT2D eigenvalue weighted by atomic mass is 16.5. The van der Waals surface area contributed by atoms with Gasteiger partial charge in [0, 0.05) is 24.2 Å². The molecule has 27 heavy (non-hydrogen) atoms. The molecule has 0 unspecified atom stereocenters. The van der Waals surface area contributed by atoms with Crippen LogP contribution in [0.1, 0.15) is 34.6 Å². The van der Waals surface area contributed by atoms with Crippen LogP contribution in [0.25, 0.3) is 0 Å². The lowest BCUT2D eigenvalue weighted by molar-refractivity contribution is 0.0951. The fraction of sp³-hybridized carbons (Fsp3) is 0.333. The molecule has 2 amide bonds. The Morgan fingerprint density at radius 3 is 2.33 bits per heavy atom. The first kappa shape index (κ1) is 20.5. The first-order chi connectivity index (χ1) is 12.9. The quantitative estimate of drug-likeness (QED) is 0.750. The maximum Gasteiger partial charge on any atom is 0.255 e. The Balaban J connectivity index is 2.08. The number of carbonyl (C=O) groups is 2. The predicted molar refractivity (Wildman–Crippen MR) is 107 cm³/mol. The fourth-order valence-electron chi connectivity index (χ4n) is 2.42. The molecule has 0 bridgehead atoms. The molecule has 0 saturated heterocycles. The van der Waals surface area contributed by atoms with Crippen molar-refractivity contribution in [3.8, 4) is 5.75 Å². The van der Waals surface area contributed by atoms with Crippen LogP contribution < -0.4 is 15.4 Å². The second-order valence-corrected chi connectivity index (χ2v) is 6.76. The van der Waals surface area contributed by atoms with E-state index in [0.29, 0.717) is 29.1 Å². The van der Waals surface area contributed by atoms with Crippen LogP contribution in [0.5, 0.6) is 5.75 Å². The van der Waals surface area contributed by atoms with E-state index in [1.807, 2.05) is 51.0 Å². The highest BCUT2D eigenvalue weighted by Gasteiger charge is 2.13. The molecule has 0 aliphatic heterocycles. The largest absolute Gasteiger partial charge is 0.489 e. The van der Waals surface area contributed by atoms with Crippen molar-refractivity contribution in [2.45, 2.75) is 20.0 Å². The smallest absolute Gasteiger partial charge is 0.255 e. The van der Waals surface area contributed by atoms with Gasteiger partial charge in [0.2, 0.25) is 0 Å². The van der Waals surface area contributed by atoms with Gasteiger partial charge in [0.15, 0.2) is 0 Å². The zero-order chi connectivity index (χ0) is 19.8. The molecule has 2 aromatic rings. The van der Waals surface area contributed by atoms with Gasteiger partial charge in [-0.3, -0.25) is 9.59 Å². The molecule has 0 fully saturated rings. The Hall–Kier alpha value is -2.86. The zero-order valence-electron chi connectivity index (χ0n) is 16.3. The van der Waals surface area contributed by atoms with E-state index in [-0.39, 0.29) is 17.9 Å². The molecule has 0 saturated carbocycles. The highest BCUT2D eigenvalue weighted by molar-refractivity contribution is 6.06. The van der Waals surface area contributed by atoms with Crippen molar-refractivity contribution < 1.29 is 14.3 Å². The number of nitrogens with zero attached hydrogens (tertiary/aromatic N) is 1. The summed E-state index contributed by atoms with van der Waals surface area (Å²) in [6, 6.07) is 13.9. The first-order valence-corrected chi connectivity index (χ1v) is 8.97. The van der Waals surface area contributed by atoms with E-state index in [1.165, 1.54) is 0 Å². The third-order valence-corrected chi connectivity index (χ3v) is 3.73. The summed E-state index contributed by atoms with van der Waals surface area (Å²) in [4.78, 5) is 26.9. The van der Waals surface area contributed by atoms with E-state index in [2.05, 4.69) is 10.6 Å². The predicted octanol–water partition coefficient (Wildman–Crippen LogP) is 3.02. The standard InChI is InChI=1S/C21H27N3O3/c1-15(2)27-19-11-6-5-10-18(19)23-21(26)17-9-7-8-16(14-17)20(25)22-12-13-24(3)4/h5-11,14-15H,12-13H2,1-4H3,(H,22,25)(H,23,26). The van der Waals surface area contributed by atoms with Crippen LogP contribution in [0.4, 0.5) is 5.69 Å². The molecular formula is C21H27N3O3. The minimum absolute atomic E-state index is 0.00255. The van der Waals surface area contributed by atoms with Gasteiger partial charge >= 0.3 is 0 Å². The summed E-state index contributed by atoms with van der Waals surface area (Å²) in [5.74, 6) is 0.117. The van der Waals surface area contributed by atoms with Gasteiger partial charge in [0.25, 0.3) is 11.8 Å². The summed E-state index contributed by atoms with van der Waals surface area (Å²) >= 11 is 0. The molecule has 0 atom stereocenters. The number of rotatable bonds is 8. The van der Waals surface area contributed by atoms with Crippen LogP contribution in [-0.2, 0) is 0 Å². The Kier molecular flexibility index (Phi) is 7.37. The van der Waals surface area contributed by atoms with Crippen molar-refractivity contribution >= 4 is 17.5 Å². The van der Waals surface area contributed by atoms with E-state index in [4.69, 9.17) is 4.74 Å². The number of likely N-dealkylation sites (N-methyl/N-ethyl adjacent to an activating group) is 1. The molecule has 0 heterocycles. The molecule has 144 valence electrons. The Morgan fingerprint density at radius 1 is 1.00 bits per heavy atom. The average Bonchev–Trinajstić information content (AvgIpc) is 2.62. The second kappa shape index (κ2) is 9.73. The maximum atomic E-state index is 12.6. The molecule has 0 radical (unpaired) electrons. The fourth-order valence-corrected chi connectivity index (χ4v) is 2.42. The lowest BCUT2D eigenvalue weighted by atomic mass is 10.1. The van der Waals surface area contributed by atoms with Gasteiger partial charge in [0.05, 0.1) is 11.8 Å². The number of carbonyl (C=O) groups excluding carboxylic acids is 2. The number of amides is 2. The molecule has 0 spiro atoms. The normalized spacial score (nSPS) is 10.7. The molecule has 6 heteroatoms. The summed E-state index contributed by atoms with van der Waals surface area (Å²) in [5, 5.41) is 5.70. The van der Waals surface area contributed by atoms with Crippen molar-refractivity contribution in [1.82, 2.24) is 10.2 Å². The minimum Gasteiger partial charge on any atom is -0.489 e. The van der Waals surface area contributed by atoms with Gasteiger partial charge in [-0.2, -0.15) is 0 Å². The molecule has 0 aromatic heterocycles.